The molecule has 0 bridgehead atoms. The number of halogens is 1. The summed E-state index contributed by atoms with van der Waals surface area (Å²) in [5.74, 6) is 0.683. The van der Waals surface area contributed by atoms with Gasteiger partial charge in [-0.05, 0) is 6.92 Å². The summed E-state index contributed by atoms with van der Waals surface area (Å²) in [6.45, 7) is 5.28. The molecule has 0 saturated carbocycles. The highest BCUT2D eigenvalue weighted by molar-refractivity contribution is 8.13. The van der Waals surface area contributed by atoms with E-state index >= 15 is 0 Å². The first-order valence-electron chi connectivity index (χ1n) is 5.95. The molecule has 0 aliphatic carbocycles. The van der Waals surface area contributed by atoms with Crippen LogP contribution in [-0.2, 0) is 28.6 Å². The van der Waals surface area contributed by atoms with Crippen LogP contribution < -0.4 is 0 Å². The van der Waals surface area contributed by atoms with Crippen LogP contribution in [0.4, 0.5) is 0 Å². The van der Waals surface area contributed by atoms with Crippen molar-refractivity contribution in [1.29, 1.82) is 0 Å². The molecule has 0 amide bonds. The Kier molecular flexibility index (Phi) is 3.96. The molecule has 2 heterocycles. The van der Waals surface area contributed by atoms with Crippen molar-refractivity contribution in [3.8, 4) is 0 Å². The molecule has 0 aromatic carbocycles. The van der Waals surface area contributed by atoms with E-state index in [9.17, 15) is 8.42 Å². The van der Waals surface area contributed by atoms with Crippen molar-refractivity contribution >= 4 is 19.7 Å². The highest BCUT2D eigenvalue weighted by Crippen LogP contribution is 2.16. The Morgan fingerprint density at radius 2 is 2.05 bits per heavy atom. The van der Waals surface area contributed by atoms with E-state index < -0.39 is 9.05 Å². The van der Waals surface area contributed by atoms with Gasteiger partial charge in [-0.1, -0.05) is 6.92 Å². The minimum absolute atomic E-state index is 0.103. The van der Waals surface area contributed by atoms with Crippen LogP contribution in [0.15, 0.2) is 23.7 Å². The standard InChI is InChI=1S/C11H15ClN4O2S/c1-3-10-14-11(19(12,17)18)7-16(10)6-9-5-13-8-15(9)4-2/h5,7-8H,3-4,6H2,1-2H3. The third-order valence-electron chi connectivity index (χ3n) is 2.87. The molecule has 2 aromatic rings. The predicted molar refractivity (Wildman–Crippen MR) is 71.6 cm³/mol. The average molecular weight is 303 g/mol. The van der Waals surface area contributed by atoms with Crippen molar-refractivity contribution in [2.45, 2.75) is 38.4 Å². The van der Waals surface area contributed by atoms with Gasteiger partial charge in [0.1, 0.15) is 5.82 Å². The molecule has 0 unspecified atom stereocenters. The summed E-state index contributed by atoms with van der Waals surface area (Å²) < 4.78 is 26.4. The molecular formula is C11H15ClN4O2S. The van der Waals surface area contributed by atoms with Crippen molar-refractivity contribution in [2.24, 2.45) is 0 Å². The van der Waals surface area contributed by atoms with Crippen LogP contribution in [0.25, 0.3) is 0 Å². The molecule has 19 heavy (non-hydrogen) atoms. The number of hydrogen-bond acceptors (Lipinski definition) is 4. The average Bonchev–Trinajstić information content (AvgIpc) is 2.95. The second kappa shape index (κ2) is 5.34. The van der Waals surface area contributed by atoms with Gasteiger partial charge in [0.15, 0.2) is 5.03 Å². The molecule has 0 spiro atoms. The highest BCUT2D eigenvalue weighted by Gasteiger charge is 2.17. The lowest BCUT2D eigenvalue weighted by atomic mass is 10.4. The molecule has 2 rings (SSSR count). The van der Waals surface area contributed by atoms with Crippen molar-refractivity contribution in [3.05, 3.63) is 30.2 Å². The largest absolute Gasteiger partial charge is 0.333 e. The Bertz CT molecular complexity index is 675. The smallest absolute Gasteiger partial charge is 0.280 e. The summed E-state index contributed by atoms with van der Waals surface area (Å²) in [6.07, 6.45) is 5.61. The van der Waals surface area contributed by atoms with Crippen molar-refractivity contribution in [3.63, 3.8) is 0 Å². The first-order valence-corrected chi connectivity index (χ1v) is 8.26. The molecule has 6 nitrogen and oxygen atoms in total. The fourth-order valence-corrected chi connectivity index (χ4v) is 2.59. The van der Waals surface area contributed by atoms with Gasteiger partial charge in [0.2, 0.25) is 0 Å². The summed E-state index contributed by atoms with van der Waals surface area (Å²) in [5, 5.41) is -0.103. The fourth-order valence-electron chi connectivity index (χ4n) is 1.90. The Morgan fingerprint density at radius 1 is 1.32 bits per heavy atom. The zero-order valence-electron chi connectivity index (χ0n) is 10.7. The molecular weight excluding hydrogens is 288 g/mol. The minimum Gasteiger partial charge on any atom is -0.333 e. The summed E-state index contributed by atoms with van der Waals surface area (Å²) in [7, 11) is 1.53. The van der Waals surface area contributed by atoms with Gasteiger partial charge in [0, 0.05) is 36.0 Å². The maximum Gasteiger partial charge on any atom is 0.280 e. The van der Waals surface area contributed by atoms with E-state index in [0.29, 0.717) is 18.8 Å². The van der Waals surface area contributed by atoms with Gasteiger partial charge < -0.3 is 9.13 Å². The minimum atomic E-state index is -3.79. The Balaban J connectivity index is 2.37. The van der Waals surface area contributed by atoms with Gasteiger partial charge in [-0.25, -0.2) is 18.4 Å². The van der Waals surface area contributed by atoms with Crippen LogP contribution in [0.3, 0.4) is 0 Å². The molecule has 0 aliphatic rings. The Morgan fingerprint density at radius 3 is 2.63 bits per heavy atom. The predicted octanol–water partition coefficient (Wildman–Crippen LogP) is 1.64. The van der Waals surface area contributed by atoms with Gasteiger partial charge in [-0.2, -0.15) is 0 Å². The lowest BCUT2D eigenvalue weighted by Crippen LogP contribution is -2.08. The van der Waals surface area contributed by atoms with Gasteiger partial charge >= 0.3 is 0 Å². The van der Waals surface area contributed by atoms with E-state index in [1.807, 2.05) is 18.4 Å². The Labute approximate surface area is 116 Å². The monoisotopic (exact) mass is 302 g/mol. The van der Waals surface area contributed by atoms with E-state index in [2.05, 4.69) is 9.97 Å². The van der Waals surface area contributed by atoms with Crippen LogP contribution in [0, 0.1) is 0 Å². The van der Waals surface area contributed by atoms with Gasteiger partial charge in [-0.15, -0.1) is 0 Å². The number of imidazole rings is 2. The maximum absolute atomic E-state index is 11.3. The van der Waals surface area contributed by atoms with Crippen LogP contribution in [0.2, 0.25) is 0 Å². The zero-order chi connectivity index (χ0) is 14.0. The summed E-state index contributed by atoms with van der Waals surface area (Å²) >= 11 is 0. The summed E-state index contributed by atoms with van der Waals surface area (Å²) in [6, 6.07) is 0. The molecule has 8 heteroatoms. The second-order valence-corrected chi connectivity index (χ2v) is 6.60. The lowest BCUT2D eigenvalue weighted by molar-refractivity contribution is 0.606. The van der Waals surface area contributed by atoms with Crippen molar-refractivity contribution in [2.75, 3.05) is 0 Å². The quantitative estimate of drug-likeness (QED) is 0.787. The molecule has 0 saturated heterocycles. The van der Waals surface area contributed by atoms with E-state index in [1.54, 1.807) is 17.1 Å². The van der Waals surface area contributed by atoms with Gasteiger partial charge in [0.05, 0.1) is 18.6 Å². The SMILES string of the molecule is CCc1nc(S(=O)(=O)Cl)cn1Cc1cncn1CC. The molecule has 0 aliphatic heterocycles. The highest BCUT2D eigenvalue weighted by atomic mass is 35.7. The Hall–Kier alpha value is -1.34. The fraction of sp³-hybridized carbons (Fsp3) is 0.455. The third kappa shape index (κ3) is 2.98. The lowest BCUT2D eigenvalue weighted by Gasteiger charge is -2.08. The third-order valence-corrected chi connectivity index (χ3v) is 4.05. The molecule has 0 N–H and O–H groups in total. The normalized spacial score (nSPS) is 11.9. The molecule has 104 valence electrons. The first kappa shape index (κ1) is 14.1. The van der Waals surface area contributed by atoms with E-state index in [0.717, 1.165) is 12.2 Å². The number of rotatable bonds is 5. The van der Waals surface area contributed by atoms with E-state index in [4.69, 9.17) is 10.7 Å². The van der Waals surface area contributed by atoms with Crippen molar-refractivity contribution in [1.82, 2.24) is 19.1 Å². The van der Waals surface area contributed by atoms with Crippen LogP contribution in [0.1, 0.15) is 25.4 Å². The van der Waals surface area contributed by atoms with Gasteiger partial charge in [-0.3, -0.25) is 0 Å². The van der Waals surface area contributed by atoms with E-state index in [-0.39, 0.29) is 5.03 Å². The van der Waals surface area contributed by atoms with Gasteiger partial charge in [0.25, 0.3) is 9.05 Å². The zero-order valence-corrected chi connectivity index (χ0v) is 12.3. The topological polar surface area (TPSA) is 69.8 Å². The van der Waals surface area contributed by atoms with Crippen LogP contribution in [0.5, 0.6) is 0 Å². The molecule has 0 atom stereocenters. The van der Waals surface area contributed by atoms with Crippen LogP contribution in [-0.4, -0.2) is 27.5 Å². The van der Waals surface area contributed by atoms with Crippen molar-refractivity contribution < 1.29 is 8.42 Å². The first-order chi connectivity index (χ1) is 8.95. The van der Waals surface area contributed by atoms with Crippen LogP contribution >= 0.6 is 10.7 Å². The number of aryl methyl sites for hydroxylation is 2. The molecule has 0 radical (unpaired) electrons. The van der Waals surface area contributed by atoms with E-state index in [1.165, 1.54) is 6.20 Å². The number of hydrogen-bond donors (Lipinski definition) is 0. The molecule has 0 fully saturated rings. The summed E-state index contributed by atoms with van der Waals surface area (Å²) in [4.78, 5) is 8.13. The number of nitrogens with zero attached hydrogens (tertiary/aromatic N) is 4. The number of aromatic nitrogens is 4. The second-order valence-electron chi connectivity index (χ2n) is 4.09. The molecule has 2 aromatic heterocycles. The summed E-state index contributed by atoms with van der Waals surface area (Å²) in [5.41, 5.74) is 0.994. The maximum atomic E-state index is 11.3.